The van der Waals surface area contributed by atoms with Gasteiger partial charge in [0.2, 0.25) is 0 Å². The van der Waals surface area contributed by atoms with E-state index in [-0.39, 0.29) is 16.5 Å². The van der Waals surface area contributed by atoms with Crippen molar-refractivity contribution in [3.05, 3.63) is 56.2 Å². The summed E-state index contributed by atoms with van der Waals surface area (Å²) in [5, 5.41) is 9.62. The Bertz CT molecular complexity index is 1180. The summed E-state index contributed by atoms with van der Waals surface area (Å²) < 4.78 is 8.26. The van der Waals surface area contributed by atoms with E-state index >= 15 is 0 Å². The van der Waals surface area contributed by atoms with Gasteiger partial charge >= 0.3 is 0 Å². The molecule has 3 aromatic rings. The number of ether oxygens (including phenoxy) is 1. The van der Waals surface area contributed by atoms with Gasteiger partial charge in [-0.15, -0.1) is 0 Å². The molecular formula is C19H19N5O3. The minimum absolute atomic E-state index is 0.0454. The third-order valence-electron chi connectivity index (χ3n) is 4.95. The first-order valence-corrected chi connectivity index (χ1v) is 8.86. The summed E-state index contributed by atoms with van der Waals surface area (Å²) in [6.45, 7) is 5.77. The molecule has 0 radical (unpaired) electrons. The van der Waals surface area contributed by atoms with Crippen molar-refractivity contribution in [2.24, 2.45) is 0 Å². The van der Waals surface area contributed by atoms with Gasteiger partial charge in [0.15, 0.2) is 5.65 Å². The third-order valence-corrected chi connectivity index (χ3v) is 4.95. The van der Waals surface area contributed by atoms with Gasteiger partial charge in [-0.2, -0.15) is 5.26 Å². The quantitative estimate of drug-likeness (QED) is 0.629. The minimum atomic E-state index is -0.414. The summed E-state index contributed by atoms with van der Waals surface area (Å²) in [4.78, 5) is 32.5. The molecule has 27 heavy (non-hydrogen) atoms. The summed E-state index contributed by atoms with van der Waals surface area (Å²) in [5.74, 6) is 0. The van der Waals surface area contributed by atoms with Crippen LogP contribution in [0.25, 0.3) is 16.7 Å². The highest BCUT2D eigenvalue weighted by Crippen LogP contribution is 2.12. The molecule has 0 bridgehead atoms. The second kappa shape index (κ2) is 6.95. The van der Waals surface area contributed by atoms with Crippen LogP contribution in [-0.2, 0) is 11.3 Å². The monoisotopic (exact) mass is 365 g/mol. The molecular weight excluding hydrogens is 346 g/mol. The molecule has 4 rings (SSSR count). The van der Waals surface area contributed by atoms with Gasteiger partial charge in [0.1, 0.15) is 17.3 Å². The zero-order chi connectivity index (χ0) is 19.0. The molecule has 0 spiro atoms. The second-order valence-corrected chi connectivity index (χ2v) is 6.62. The van der Waals surface area contributed by atoms with Crippen molar-refractivity contribution in [3.63, 3.8) is 0 Å². The zero-order valence-corrected chi connectivity index (χ0v) is 15.0. The van der Waals surface area contributed by atoms with E-state index in [1.54, 1.807) is 12.3 Å². The molecule has 1 fully saturated rings. The molecule has 0 atom stereocenters. The van der Waals surface area contributed by atoms with Crippen LogP contribution in [0.2, 0.25) is 0 Å². The smallest absolute Gasteiger partial charge is 0.270 e. The van der Waals surface area contributed by atoms with Crippen LogP contribution in [0.5, 0.6) is 0 Å². The third kappa shape index (κ3) is 3.01. The highest BCUT2D eigenvalue weighted by Gasteiger charge is 2.17. The average molecular weight is 365 g/mol. The maximum Gasteiger partial charge on any atom is 0.270 e. The van der Waals surface area contributed by atoms with Gasteiger partial charge in [-0.05, 0) is 24.6 Å². The first-order chi connectivity index (χ1) is 13.1. The van der Waals surface area contributed by atoms with Gasteiger partial charge in [-0.25, -0.2) is 4.98 Å². The minimum Gasteiger partial charge on any atom is -0.379 e. The summed E-state index contributed by atoms with van der Waals surface area (Å²) in [6.07, 6.45) is 1.65. The molecule has 0 saturated carbocycles. The van der Waals surface area contributed by atoms with Crippen molar-refractivity contribution < 1.29 is 4.74 Å². The molecule has 8 heteroatoms. The molecule has 4 heterocycles. The number of hydrogen-bond acceptors (Lipinski definition) is 6. The summed E-state index contributed by atoms with van der Waals surface area (Å²) >= 11 is 0. The van der Waals surface area contributed by atoms with Crippen molar-refractivity contribution in [2.45, 2.75) is 13.5 Å². The number of nitriles is 1. The van der Waals surface area contributed by atoms with Crippen molar-refractivity contribution in [2.75, 3.05) is 32.8 Å². The lowest BCUT2D eigenvalue weighted by Crippen LogP contribution is -2.39. The van der Waals surface area contributed by atoms with E-state index in [9.17, 15) is 14.9 Å². The number of nitrogens with zero attached hydrogens (tertiary/aromatic N) is 5. The van der Waals surface area contributed by atoms with E-state index in [1.165, 1.54) is 15.0 Å². The van der Waals surface area contributed by atoms with Crippen molar-refractivity contribution >= 4 is 16.7 Å². The van der Waals surface area contributed by atoms with Gasteiger partial charge in [-0.3, -0.25) is 23.5 Å². The lowest BCUT2D eigenvalue weighted by molar-refractivity contribution is 0.0364. The lowest BCUT2D eigenvalue weighted by atomic mass is 10.2. The summed E-state index contributed by atoms with van der Waals surface area (Å²) in [7, 11) is 0. The van der Waals surface area contributed by atoms with Crippen molar-refractivity contribution in [1.29, 1.82) is 5.26 Å². The molecule has 0 aliphatic carbocycles. The van der Waals surface area contributed by atoms with Crippen LogP contribution < -0.4 is 11.1 Å². The van der Waals surface area contributed by atoms with Crippen LogP contribution in [0.3, 0.4) is 0 Å². The van der Waals surface area contributed by atoms with Crippen LogP contribution in [0, 0.1) is 18.3 Å². The SMILES string of the molecule is Cc1cccn2c(=O)c3cc(C#N)c(=O)n(CCN4CCOCC4)c3nc12. The lowest BCUT2D eigenvalue weighted by Gasteiger charge is -2.26. The van der Waals surface area contributed by atoms with E-state index in [4.69, 9.17) is 4.74 Å². The van der Waals surface area contributed by atoms with Crippen LogP contribution in [0.1, 0.15) is 11.1 Å². The van der Waals surface area contributed by atoms with Gasteiger partial charge in [0.25, 0.3) is 11.1 Å². The van der Waals surface area contributed by atoms with E-state index in [0.717, 1.165) is 18.7 Å². The Labute approximate surface area is 154 Å². The average Bonchev–Trinajstić information content (AvgIpc) is 2.69. The highest BCUT2D eigenvalue weighted by atomic mass is 16.5. The van der Waals surface area contributed by atoms with Gasteiger partial charge in [0.05, 0.1) is 18.6 Å². The Kier molecular flexibility index (Phi) is 4.48. The fourth-order valence-electron chi connectivity index (χ4n) is 3.43. The van der Waals surface area contributed by atoms with Crippen LogP contribution in [-0.4, -0.2) is 51.7 Å². The van der Waals surface area contributed by atoms with Crippen LogP contribution in [0.15, 0.2) is 34.0 Å². The van der Waals surface area contributed by atoms with Crippen LogP contribution in [0.4, 0.5) is 0 Å². The van der Waals surface area contributed by atoms with E-state index in [2.05, 4.69) is 9.88 Å². The van der Waals surface area contributed by atoms with Crippen molar-refractivity contribution in [3.8, 4) is 6.07 Å². The molecule has 1 aliphatic heterocycles. The van der Waals surface area contributed by atoms with Gasteiger partial charge in [-0.1, -0.05) is 6.07 Å². The predicted octanol–water partition coefficient (Wildman–Crippen LogP) is 0.522. The van der Waals surface area contributed by atoms with Crippen LogP contribution >= 0.6 is 0 Å². The molecule has 0 aromatic carbocycles. The second-order valence-electron chi connectivity index (χ2n) is 6.62. The Hall–Kier alpha value is -3.02. The molecule has 3 aromatic heterocycles. The zero-order valence-electron chi connectivity index (χ0n) is 15.0. The highest BCUT2D eigenvalue weighted by molar-refractivity contribution is 5.78. The number of pyridine rings is 2. The number of fused-ring (bicyclic) bond motifs is 2. The number of morpholine rings is 1. The van der Waals surface area contributed by atoms with Gasteiger partial charge < -0.3 is 4.74 Å². The molecule has 138 valence electrons. The van der Waals surface area contributed by atoms with E-state index < -0.39 is 5.56 Å². The topological polar surface area (TPSA) is 92.6 Å². The first kappa shape index (κ1) is 17.4. The van der Waals surface area contributed by atoms with E-state index in [0.29, 0.717) is 37.6 Å². The van der Waals surface area contributed by atoms with Crippen molar-refractivity contribution in [1.82, 2.24) is 18.9 Å². The van der Waals surface area contributed by atoms with E-state index in [1.807, 2.05) is 19.1 Å². The summed E-state index contributed by atoms with van der Waals surface area (Å²) in [5.41, 5.74) is 0.938. The number of aryl methyl sites for hydroxylation is 1. The Morgan fingerprint density at radius 2 is 1.96 bits per heavy atom. The molecule has 1 saturated heterocycles. The fraction of sp³-hybridized carbons (Fsp3) is 0.368. The first-order valence-electron chi connectivity index (χ1n) is 8.86. The maximum absolute atomic E-state index is 12.9. The largest absolute Gasteiger partial charge is 0.379 e. The Balaban J connectivity index is 1.92. The fourth-order valence-corrected chi connectivity index (χ4v) is 3.43. The Morgan fingerprint density at radius 3 is 2.70 bits per heavy atom. The predicted molar refractivity (Wildman–Crippen MR) is 99.9 cm³/mol. The molecule has 0 N–H and O–H groups in total. The molecule has 0 unspecified atom stereocenters. The number of aromatic nitrogens is 3. The normalized spacial score (nSPS) is 15.3. The Morgan fingerprint density at radius 1 is 1.19 bits per heavy atom. The molecule has 8 nitrogen and oxygen atoms in total. The number of hydrogen-bond donors (Lipinski definition) is 0. The standard InChI is InChI=1S/C19H19N5O3/c1-13-3-2-4-23-16(13)21-17-15(19(23)26)11-14(12-20)18(25)24(17)6-5-22-7-9-27-10-8-22/h2-4,11H,5-10H2,1H3. The molecule has 1 aliphatic rings. The van der Waals surface area contributed by atoms with Gasteiger partial charge in [0, 0.05) is 32.4 Å². The number of rotatable bonds is 3. The molecule has 0 amide bonds. The maximum atomic E-state index is 12.9. The summed E-state index contributed by atoms with van der Waals surface area (Å²) in [6, 6.07) is 6.91.